The van der Waals surface area contributed by atoms with Gasteiger partial charge in [-0.05, 0) is 12.1 Å². The summed E-state index contributed by atoms with van der Waals surface area (Å²) < 4.78 is 67.0. The van der Waals surface area contributed by atoms with Crippen molar-refractivity contribution in [2.75, 3.05) is 0 Å². The second-order valence-electron chi connectivity index (χ2n) is 3.00. The Balaban J connectivity index is 2.46. The van der Waals surface area contributed by atoms with E-state index in [1.807, 2.05) is 0 Å². The highest BCUT2D eigenvalue weighted by molar-refractivity contribution is 5.52. The highest BCUT2D eigenvalue weighted by atomic mass is 19.3. The highest BCUT2D eigenvalue weighted by Crippen LogP contribution is 2.25. The average Bonchev–Trinajstić information content (AvgIpc) is 2.74. The van der Waals surface area contributed by atoms with Crippen molar-refractivity contribution >= 4 is 0 Å². The van der Waals surface area contributed by atoms with Gasteiger partial charge in [0.25, 0.3) is 5.89 Å². The molecule has 0 bridgehead atoms. The Morgan fingerprint density at radius 1 is 1.00 bits per heavy atom. The van der Waals surface area contributed by atoms with Gasteiger partial charge in [-0.15, -0.1) is 10.2 Å². The molecule has 0 spiro atoms. The van der Waals surface area contributed by atoms with Gasteiger partial charge in [0, 0.05) is 5.56 Å². The van der Waals surface area contributed by atoms with Crippen LogP contribution in [0, 0.1) is 17.5 Å². The molecule has 0 saturated heterocycles. The lowest BCUT2D eigenvalue weighted by Crippen LogP contribution is -1.91. The zero-order valence-electron chi connectivity index (χ0n) is 7.92. The van der Waals surface area contributed by atoms with E-state index in [2.05, 4.69) is 14.6 Å². The quantitative estimate of drug-likeness (QED) is 0.607. The van der Waals surface area contributed by atoms with Gasteiger partial charge in [-0.2, -0.15) is 8.78 Å². The number of alkyl halides is 2. The van der Waals surface area contributed by atoms with Crippen LogP contribution in [0.3, 0.4) is 0 Å². The van der Waals surface area contributed by atoms with Crippen LogP contribution in [-0.4, -0.2) is 10.2 Å². The standard InChI is InChI=1S/C9H3F5N2O/c10-4-1-3(2-5(11)6(4)12)8-15-16-9(17-8)7(13)14/h1-2,7H. The molecule has 17 heavy (non-hydrogen) atoms. The monoisotopic (exact) mass is 250 g/mol. The molecule has 1 aromatic carbocycles. The molecule has 0 unspecified atom stereocenters. The van der Waals surface area contributed by atoms with Crippen LogP contribution in [0.5, 0.6) is 0 Å². The molecule has 90 valence electrons. The third-order valence-corrected chi connectivity index (χ3v) is 1.86. The zero-order chi connectivity index (χ0) is 12.6. The summed E-state index contributed by atoms with van der Waals surface area (Å²) in [6.07, 6.45) is -2.99. The van der Waals surface area contributed by atoms with Crippen LogP contribution in [0.2, 0.25) is 0 Å². The van der Waals surface area contributed by atoms with Crippen LogP contribution in [0.1, 0.15) is 12.3 Å². The zero-order valence-corrected chi connectivity index (χ0v) is 7.92. The third-order valence-electron chi connectivity index (χ3n) is 1.86. The SMILES string of the molecule is Fc1cc(-c2nnc(C(F)F)o2)cc(F)c1F. The molecular weight excluding hydrogens is 247 g/mol. The number of hydrogen-bond donors (Lipinski definition) is 0. The van der Waals surface area contributed by atoms with E-state index in [-0.39, 0.29) is 5.56 Å². The summed E-state index contributed by atoms with van der Waals surface area (Å²) >= 11 is 0. The van der Waals surface area contributed by atoms with Crippen LogP contribution >= 0.6 is 0 Å². The van der Waals surface area contributed by atoms with E-state index < -0.39 is 35.7 Å². The van der Waals surface area contributed by atoms with E-state index >= 15 is 0 Å². The van der Waals surface area contributed by atoms with E-state index in [1.54, 1.807) is 0 Å². The molecule has 0 atom stereocenters. The van der Waals surface area contributed by atoms with Crippen molar-refractivity contribution in [2.24, 2.45) is 0 Å². The maximum atomic E-state index is 12.8. The van der Waals surface area contributed by atoms with Gasteiger partial charge in [0.15, 0.2) is 17.5 Å². The second kappa shape index (κ2) is 4.11. The largest absolute Gasteiger partial charge is 0.415 e. The molecule has 2 aromatic rings. The van der Waals surface area contributed by atoms with Crippen LogP contribution in [0.25, 0.3) is 11.5 Å². The first-order valence-corrected chi connectivity index (χ1v) is 4.25. The van der Waals surface area contributed by atoms with Crippen molar-refractivity contribution in [3.05, 3.63) is 35.5 Å². The Bertz CT molecular complexity index is 531. The lowest BCUT2D eigenvalue weighted by Gasteiger charge is -1.98. The lowest BCUT2D eigenvalue weighted by molar-refractivity contribution is 0.116. The van der Waals surface area contributed by atoms with Crippen molar-refractivity contribution in [2.45, 2.75) is 6.43 Å². The summed E-state index contributed by atoms with van der Waals surface area (Å²) in [7, 11) is 0. The van der Waals surface area contributed by atoms with Gasteiger partial charge in [0.05, 0.1) is 0 Å². The van der Waals surface area contributed by atoms with Crippen molar-refractivity contribution in [1.29, 1.82) is 0 Å². The minimum absolute atomic E-state index is 0.319. The summed E-state index contributed by atoms with van der Waals surface area (Å²) in [5.74, 6) is -6.11. The molecule has 0 N–H and O–H groups in total. The molecule has 0 amide bonds. The van der Waals surface area contributed by atoms with Gasteiger partial charge in [0.2, 0.25) is 5.89 Å². The van der Waals surface area contributed by atoms with Crippen LogP contribution in [-0.2, 0) is 0 Å². The summed E-state index contributed by atoms with van der Waals surface area (Å²) in [6, 6.07) is 1.14. The molecule has 0 aliphatic rings. The van der Waals surface area contributed by atoms with Crippen LogP contribution < -0.4 is 0 Å². The van der Waals surface area contributed by atoms with Gasteiger partial charge in [-0.25, -0.2) is 13.2 Å². The Kier molecular flexibility index (Phi) is 2.78. The fourth-order valence-electron chi connectivity index (χ4n) is 1.12. The maximum Gasteiger partial charge on any atom is 0.314 e. The number of nitrogens with zero attached hydrogens (tertiary/aromatic N) is 2. The van der Waals surface area contributed by atoms with Crippen LogP contribution in [0.15, 0.2) is 16.5 Å². The summed E-state index contributed by atoms with van der Waals surface area (Å²) in [6.45, 7) is 0. The highest BCUT2D eigenvalue weighted by Gasteiger charge is 2.19. The van der Waals surface area contributed by atoms with Gasteiger partial charge < -0.3 is 4.42 Å². The smallest absolute Gasteiger partial charge is 0.314 e. The average molecular weight is 250 g/mol. The van der Waals surface area contributed by atoms with Crippen LogP contribution in [0.4, 0.5) is 22.0 Å². The van der Waals surface area contributed by atoms with E-state index in [0.29, 0.717) is 12.1 Å². The van der Waals surface area contributed by atoms with Crippen molar-refractivity contribution < 1.29 is 26.4 Å². The molecule has 0 fully saturated rings. The van der Waals surface area contributed by atoms with Gasteiger partial charge >= 0.3 is 6.43 Å². The number of rotatable bonds is 2. The molecule has 2 rings (SSSR count). The van der Waals surface area contributed by atoms with Crippen molar-refractivity contribution in [1.82, 2.24) is 10.2 Å². The van der Waals surface area contributed by atoms with Gasteiger partial charge in [-0.3, -0.25) is 0 Å². The summed E-state index contributed by atoms with van der Waals surface area (Å²) in [4.78, 5) is 0. The minimum atomic E-state index is -2.99. The van der Waals surface area contributed by atoms with E-state index in [0.717, 1.165) is 0 Å². The molecular formula is C9H3F5N2O. The van der Waals surface area contributed by atoms with E-state index in [1.165, 1.54) is 0 Å². The fraction of sp³-hybridized carbons (Fsp3) is 0.111. The van der Waals surface area contributed by atoms with Crippen molar-refractivity contribution in [3.63, 3.8) is 0 Å². The second-order valence-corrected chi connectivity index (χ2v) is 3.00. The Hall–Kier alpha value is -1.99. The molecule has 0 saturated carbocycles. The number of benzene rings is 1. The first kappa shape index (κ1) is 11.5. The molecule has 3 nitrogen and oxygen atoms in total. The topological polar surface area (TPSA) is 38.9 Å². The first-order chi connectivity index (χ1) is 7.99. The maximum absolute atomic E-state index is 12.8. The number of hydrogen-bond acceptors (Lipinski definition) is 3. The summed E-state index contributed by atoms with van der Waals surface area (Å²) in [5.41, 5.74) is -0.319. The van der Waals surface area contributed by atoms with Crippen molar-refractivity contribution in [3.8, 4) is 11.5 Å². The normalized spacial score (nSPS) is 11.2. The number of halogens is 5. The van der Waals surface area contributed by atoms with Gasteiger partial charge in [0.1, 0.15) is 0 Å². The summed E-state index contributed by atoms with van der Waals surface area (Å²) in [5, 5.41) is 6.14. The molecule has 8 heteroatoms. The fourth-order valence-corrected chi connectivity index (χ4v) is 1.12. The predicted molar refractivity (Wildman–Crippen MR) is 44.6 cm³/mol. The minimum Gasteiger partial charge on any atom is -0.415 e. The molecule has 1 heterocycles. The van der Waals surface area contributed by atoms with E-state index in [4.69, 9.17) is 0 Å². The Morgan fingerprint density at radius 2 is 1.59 bits per heavy atom. The van der Waals surface area contributed by atoms with Gasteiger partial charge in [-0.1, -0.05) is 0 Å². The molecule has 0 aliphatic carbocycles. The first-order valence-electron chi connectivity index (χ1n) is 4.25. The molecule has 1 aromatic heterocycles. The lowest BCUT2D eigenvalue weighted by atomic mass is 10.2. The Morgan fingerprint density at radius 3 is 2.06 bits per heavy atom. The van der Waals surface area contributed by atoms with E-state index in [9.17, 15) is 22.0 Å². The Labute approximate surface area is 90.9 Å². The third kappa shape index (κ3) is 2.10. The number of aromatic nitrogens is 2. The molecule has 0 radical (unpaired) electrons. The molecule has 0 aliphatic heterocycles. The predicted octanol–water partition coefficient (Wildman–Crippen LogP) is 3.09.